The van der Waals surface area contributed by atoms with Gasteiger partial charge in [-0.25, -0.2) is 4.79 Å². The Kier molecular flexibility index (Phi) is 5.14. The number of carbonyl (C=O) groups excluding carboxylic acids is 1. The summed E-state index contributed by atoms with van der Waals surface area (Å²) in [4.78, 5) is 10.3. The molecular weight excluding hydrogens is 136 g/mol. The molecule has 0 heterocycles. The van der Waals surface area contributed by atoms with Gasteiger partial charge in [0.25, 0.3) is 0 Å². The van der Waals surface area contributed by atoms with E-state index in [1.165, 1.54) is 0 Å². The second-order valence-electron chi connectivity index (χ2n) is 2.54. The molecule has 0 rings (SSSR count). The lowest BCUT2D eigenvalue weighted by Gasteiger charge is -1.98. The summed E-state index contributed by atoms with van der Waals surface area (Å²) in [6.07, 6.45) is 4.52. The molecule has 0 saturated heterocycles. The van der Waals surface area contributed by atoms with Crippen molar-refractivity contribution in [2.75, 3.05) is 0 Å². The highest BCUT2D eigenvalue weighted by molar-refractivity contribution is 5.59. The van der Waals surface area contributed by atoms with Gasteiger partial charge in [0.1, 0.15) is 5.94 Å². The third kappa shape index (κ3) is 4.35. The lowest BCUT2D eigenvalue weighted by molar-refractivity contribution is 0.566. The van der Waals surface area contributed by atoms with Gasteiger partial charge in [-0.3, -0.25) is 0 Å². The van der Waals surface area contributed by atoms with Crippen LogP contribution in [0.1, 0.15) is 26.2 Å². The Morgan fingerprint density at radius 1 is 1.64 bits per heavy atom. The minimum Gasteiger partial charge on any atom is -0.233 e. The summed E-state index contributed by atoms with van der Waals surface area (Å²) in [6, 6.07) is 0. The molecule has 0 aromatic rings. The molecule has 0 fully saturated rings. The molecule has 0 N–H and O–H groups in total. The van der Waals surface area contributed by atoms with Crippen LogP contribution in [0.5, 0.6) is 0 Å². The van der Waals surface area contributed by atoms with Gasteiger partial charge in [0.05, 0.1) is 0 Å². The van der Waals surface area contributed by atoms with Crippen molar-refractivity contribution in [1.29, 1.82) is 0 Å². The van der Waals surface area contributed by atoms with Gasteiger partial charge >= 0.3 is 0 Å². The van der Waals surface area contributed by atoms with Crippen molar-refractivity contribution < 1.29 is 4.79 Å². The van der Waals surface area contributed by atoms with Crippen molar-refractivity contribution in [2.45, 2.75) is 26.2 Å². The van der Waals surface area contributed by atoms with E-state index in [1.54, 1.807) is 0 Å². The smallest absolute Gasteiger partial charge is 0.128 e. The van der Waals surface area contributed by atoms with Crippen molar-refractivity contribution in [3.63, 3.8) is 0 Å². The highest BCUT2D eigenvalue weighted by Crippen LogP contribution is 2.11. The van der Waals surface area contributed by atoms with Gasteiger partial charge < -0.3 is 0 Å². The topological polar surface area (TPSA) is 17.1 Å². The van der Waals surface area contributed by atoms with Gasteiger partial charge in [-0.2, -0.15) is 0 Å². The number of rotatable bonds is 5. The Labute approximate surface area is 68.1 Å². The molecule has 0 amide bonds. The summed E-state index contributed by atoms with van der Waals surface area (Å²) < 4.78 is 0. The largest absolute Gasteiger partial charge is 0.233 e. The highest BCUT2D eigenvalue weighted by atomic mass is 16.1. The third-order valence-corrected chi connectivity index (χ3v) is 1.47. The molecule has 0 bridgehead atoms. The zero-order chi connectivity index (χ0) is 8.69. The molecule has 0 aliphatic rings. The maximum absolute atomic E-state index is 10.3. The Morgan fingerprint density at radius 3 is 2.64 bits per heavy atom. The Bertz CT molecular complexity index is 195. The van der Waals surface area contributed by atoms with Crippen LogP contribution in [0.4, 0.5) is 0 Å². The van der Waals surface area contributed by atoms with E-state index >= 15 is 0 Å². The van der Waals surface area contributed by atoms with Crippen LogP contribution in [0.2, 0.25) is 0 Å². The van der Waals surface area contributed by atoms with Crippen LogP contribution in [0.25, 0.3) is 0 Å². The van der Waals surface area contributed by atoms with E-state index in [4.69, 9.17) is 0 Å². The Hall–Kier alpha value is -1.07. The maximum Gasteiger partial charge on any atom is 0.128 e. The fourth-order valence-corrected chi connectivity index (χ4v) is 0.775. The van der Waals surface area contributed by atoms with Crippen LogP contribution in [-0.2, 0) is 4.79 Å². The summed E-state index contributed by atoms with van der Waals surface area (Å²) in [5.74, 6) is 1.89. The van der Waals surface area contributed by atoms with Gasteiger partial charge in [0.2, 0.25) is 0 Å². The summed E-state index contributed by atoms with van der Waals surface area (Å²) in [6.45, 7) is 9.11. The van der Waals surface area contributed by atoms with Crippen LogP contribution in [-0.4, -0.2) is 5.94 Å². The van der Waals surface area contributed by atoms with Gasteiger partial charge in [0, 0.05) is 5.57 Å². The molecule has 1 heteroatoms. The molecular formula is C10H14O. The Morgan fingerprint density at radius 2 is 2.27 bits per heavy atom. The number of hydrogen-bond acceptors (Lipinski definition) is 1. The maximum atomic E-state index is 10.3. The van der Waals surface area contributed by atoms with E-state index in [0.29, 0.717) is 5.57 Å². The first kappa shape index (κ1) is 9.93. The van der Waals surface area contributed by atoms with Gasteiger partial charge in [-0.05, 0) is 31.8 Å². The van der Waals surface area contributed by atoms with Gasteiger partial charge in [-0.15, -0.1) is 6.58 Å². The minimum absolute atomic E-state index is 0.701. The van der Waals surface area contributed by atoms with Gasteiger partial charge in [0.15, 0.2) is 0 Å². The predicted octanol–water partition coefficient (Wildman–Crippen LogP) is 2.68. The third-order valence-electron chi connectivity index (χ3n) is 1.47. The van der Waals surface area contributed by atoms with Crippen LogP contribution >= 0.6 is 0 Å². The van der Waals surface area contributed by atoms with E-state index in [-0.39, 0.29) is 0 Å². The standard InChI is InChI=1S/C10H14O/c1-4-5-6-7-10(8-11)9(2)3/h4H,1-2,5-7H2,3H3. The normalized spacial score (nSPS) is 8.45. The molecule has 0 aliphatic carbocycles. The molecule has 0 unspecified atom stereocenters. The zero-order valence-corrected chi connectivity index (χ0v) is 7.02. The zero-order valence-electron chi connectivity index (χ0n) is 7.02. The van der Waals surface area contributed by atoms with Crippen molar-refractivity contribution in [3.05, 3.63) is 30.4 Å². The van der Waals surface area contributed by atoms with Crippen LogP contribution in [0, 0.1) is 0 Å². The first-order chi connectivity index (χ1) is 5.22. The number of unbranched alkanes of at least 4 members (excludes halogenated alkanes) is 1. The van der Waals surface area contributed by atoms with E-state index in [0.717, 1.165) is 24.8 Å². The summed E-state index contributed by atoms with van der Waals surface area (Å²) in [5.41, 5.74) is 1.52. The van der Waals surface area contributed by atoms with E-state index in [2.05, 4.69) is 13.2 Å². The quantitative estimate of drug-likeness (QED) is 0.255. The first-order valence-electron chi connectivity index (χ1n) is 3.73. The van der Waals surface area contributed by atoms with Crippen LogP contribution in [0.15, 0.2) is 30.4 Å². The lowest BCUT2D eigenvalue weighted by atomic mass is 10.0. The van der Waals surface area contributed by atoms with Crippen molar-refractivity contribution in [1.82, 2.24) is 0 Å². The van der Waals surface area contributed by atoms with Crippen LogP contribution < -0.4 is 0 Å². The number of hydrogen-bond donors (Lipinski definition) is 0. The highest BCUT2D eigenvalue weighted by Gasteiger charge is 1.97. The summed E-state index contributed by atoms with van der Waals surface area (Å²) in [5, 5.41) is 0. The molecule has 1 nitrogen and oxygen atoms in total. The average molecular weight is 150 g/mol. The predicted molar refractivity (Wildman–Crippen MR) is 48.1 cm³/mol. The molecule has 0 saturated carbocycles. The minimum atomic E-state index is 0.701. The summed E-state index contributed by atoms with van der Waals surface area (Å²) >= 11 is 0. The van der Waals surface area contributed by atoms with Crippen molar-refractivity contribution >= 4 is 5.94 Å². The second-order valence-corrected chi connectivity index (χ2v) is 2.54. The van der Waals surface area contributed by atoms with E-state index in [9.17, 15) is 4.79 Å². The molecule has 11 heavy (non-hydrogen) atoms. The molecule has 0 aliphatic heterocycles. The fourth-order valence-electron chi connectivity index (χ4n) is 0.775. The fraction of sp³-hybridized carbons (Fsp3) is 0.400. The van der Waals surface area contributed by atoms with E-state index < -0.39 is 0 Å². The molecule has 0 radical (unpaired) electrons. The first-order valence-corrected chi connectivity index (χ1v) is 3.73. The molecule has 60 valence electrons. The molecule has 0 spiro atoms. The molecule has 0 aromatic heterocycles. The molecule has 0 aromatic carbocycles. The SMILES string of the molecule is C=CCCCC(=C=O)C(=C)C. The van der Waals surface area contributed by atoms with E-state index in [1.807, 2.05) is 18.9 Å². The molecule has 0 atom stereocenters. The monoisotopic (exact) mass is 150 g/mol. The lowest BCUT2D eigenvalue weighted by Crippen LogP contribution is -1.85. The van der Waals surface area contributed by atoms with Crippen molar-refractivity contribution in [2.24, 2.45) is 0 Å². The van der Waals surface area contributed by atoms with Crippen molar-refractivity contribution in [3.8, 4) is 0 Å². The second kappa shape index (κ2) is 5.70. The average Bonchev–Trinajstić information content (AvgIpc) is 1.97. The Balaban J connectivity index is 3.82. The van der Waals surface area contributed by atoms with Crippen LogP contribution in [0.3, 0.4) is 0 Å². The van der Waals surface area contributed by atoms with Gasteiger partial charge in [-0.1, -0.05) is 12.7 Å². The summed E-state index contributed by atoms with van der Waals surface area (Å²) in [7, 11) is 0. The number of allylic oxidation sites excluding steroid dienone is 3.